The summed E-state index contributed by atoms with van der Waals surface area (Å²) in [6, 6.07) is 9.23. The lowest BCUT2D eigenvalue weighted by molar-refractivity contribution is -0.127. The van der Waals surface area contributed by atoms with Crippen molar-refractivity contribution in [1.29, 1.82) is 0 Å². The number of likely N-dealkylation sites (tertiary alicyclic amines) is 1. The van der Waals surface area contributed by atoms with Gasteiger partial charge in [-0.25, -0.2) is 13.5 Å². The lowest BCUT2D eigenvalue weighted by Crippen LogP contribution is -2.40. The van der Waals surface area contributed by atoms with E-state index in [0.717, 1.165) is 31.4 Å². The Labute approximate surface area is 207 Å². The maximum Gasteiger partial charge on any atom is 0.254 e. The number of carbonyl (C=O) groups is 2. The molecule has 36 heavy (non-hydrogen) atoms. The smallest absolute Gasteiger partial charge is 0.254 e. The zero-order valence-corrected chi connectivity index (χ0v) is 19.8. The van der Waals surface area contributed by atoms with Crippen molar-refractivity contribution in [3.05, 3.63) is 71.8 Å². The quantitative estimate of drug-likeness (QED) is 0.471. The molecule has 1 aromatic heterocycles. The Bertz CT molecular complexity index is 1300. The van der Waals surface area contributed by atoms with E-state index >= 15 is 0 Å². The molecular weight excluding hydrogens is 468 g/mol. The van der Waals surface area contributed by atoms with E-state index in [9.17, 15) is 18.4 Å². The second-order valence-corrected chi connectivity index (χ2v) is 8.51. The summed E-state index contributed by atoms with van der Waals surface area (Å²) in [6.07, 6.45) is 5.65. The van der Waals surface area contributed by atoms with Crippen molar-refractivity contribution in [1.82, 2.24) is 14.7 Å². The summed E-state index contributed by atoms with van der Waals surface area (Å²) in [5.74, 6) is -2.01. The molecule has 3 aromatic rings. The van der Waals surface area contributed by atoms with Gasteiger partial charge in [0.1, 0.15) is 28.6 Å². The monoisotopic (exact) mass is 495 g/mol. The molecule has 0 saturated carbocycles. The van der Waals surface area contributed by atoms with Crippen molar-refractivity contribution >= 4 is 17.6 Å². The highest BCUT2D eigenvalue weighted by atomic mass is 19.1. The highest BCUT2D eigenvalue weighted by Crippen LogP contribution is 2.33. The van der Waals surface area contributed by atoms with Gasteiger partial charge >= 0.3 is 0 Å². The number of nitrogens with zero attached hydrogens (tertiary/aromatic N) is 3. The van der Waals surface area contributed by atoms with Gasteiger partial charge in [0.15, 0.2) is 11.6 Å². The van der Waals surface area contributed by atoms with Gasteiger partial charge in [-0.2, -0.15) is 5.10 Å². The van der Waals surface area contributed by atoms with Gasteiger partial charge < -0.3 is 21.1 Å². The van der Waals surface area contributed by atoms with Gasteiger partial charge in [-0.1, -0.05) is 13.0 Å². The highest BCUT2D eigenvalue weighted by Gasteiger charge is 2.29. The lowest BCUT2D eigenvalue weighted by Gasteiger charge is -2.32. The maximum atomic E-state index is 13.9. The van der Waals surface area contributed by atoms with Gasteiger partial charge in [0.05, 0.1) is 6.04 Å². The number of nitrogen functional groups attached to an aromatic ring is 1. The van der Waals surface area contributed by atoms with Gasteiger partial charge in [-0.3, -0.25) is 9.59 Å². The molecule has 0 unspecified atom stereocenters. The van der Waals surface area contributed by atoms with Crippen LogP contribution in [0, 0.1) is 11.6 Å². The normalized spacial score (nSPS) is 15.9. The summed E-state index contributed by atoms with van der Waals surface area (Å²) in [6.45, 7) is 3.00. The zero-order valence-electron chi connectivity index (χ0n) is 19.8. The molecule has 1 atom stereocenters. The van der Waals surface area contributed by atoms with E-state index in [1.807, 2.05) is 13.0 Å². The van der Waals surface area contributed by atoms with Crippen molar-refractivity contribution in [2.45, 2.75) is 32.2 Å². The van der Waals surface area contributed by atoms with Crippen molar-refractivity contribution in [3.8, 4) is 22.8 Å². The number of allylic oxidation sites excluding steroid dienone is 1. The molecule has 1 saturated heterocycles. The standard InChI is InChI=1S/C26H27F2N5O3/c1-2-3-6-22(34)32-13-4-5-18(15-32)33-25(29)23(26(30)35)24(31-33)16-7-10-19(11-8-16)36-21-12-9-17(27)14-20(21)28/h3,6-12,14,18H,2,4-5,13,15,29H2,1H3,(H2,30,35)/t18-/m1/s1. The third kappa shape index (κ3) is 5.22. The molecule has 0 radical (unpaired) electrons. The number of hydrogen-bond acceptors (Lipinski definition) is 5. The van der Waals surface area contributed by atoms with Crippen LogP contribution >= 0.6 is 0 Å². The molecule has 8 nitrogen and oxygen atoms in total. The lowest BCUT2D eigenvalue weighted by atomic mass is 10.1. The first-order chi connectivity index (χ1) is 17.3. The molecule has 1 aliphatic rings. The van der Waals surface area contributed by atoms with Crippen molar-refractivity contribution in [2.75, 3.05) is 18.8 Å². The maximum absolute atomic E-state index is 13.9. The van der Waals surface area contributed by atoms with Crippen LogP contribution in [0.15, 0.2) is 54.6 Å². The van der Waals surface area contributed by atoms with Crippen molar-refractivity contribution in [3.63, 3.8) is 0 Å². The first-order valence-corrected chi connectivity index (χ1v) is 11.6. The first kappa shape index (κ1) is 24.9. The summed E-state index contributed by atoms with van der Waals surface area (Å²) in [4.78, 5) is 26.5. The van der Waals surface area contributed by atoms with Crippen LogP contribution in [0.1, 0.15) is 42.6 Å². The molecular formula is C26H27F2N5O3. The number of rotatable bonds is 7. The zero-order chi connectivity index (χ0) is 25.8. The number of benzene rings is 2. The topological polar surface area (TPSA) is 116 Å². The molecule has 0 bridgehead atoms. The fraction of sp³-hybridized carbons (Fsp3) is 0.269. The average molecular weight is 496 g/mol. The van der Waals surface area contributed by atoms with Gasteiger partial charge in [0, 0.05) is 24.7 Å². The number of halogens is 2. The summed E-state index contributed by atoms with van der Waals surface area (Å²) < 4.78 is 34.1. The number of nitrogens with two attached hydrogens (primary N) is 2. The summed E-state index contributed by atoms with van der Waals surface area (Å²) in [7, 11) is 0. The minimum absolute atomic E-state index is 0.0733. The fourth-order valence-corrected chi connectivity index (χ4v) is 4.22. The second kappa shape index (κ2) is 10.6. The fourth-order valence-electron chi connectivity index (χ4n) is 4.22. The Morgan fingerprint density at radius 2 is 1.94 bits per heavy atom. The number of piperidine rings is 1. The van der Waals surface area contributed by atoms with Gasteiger partial charge in [0.2, 0.25) is 5.91 Å². The highest BCUT2D eigenvalue weighted by molar-refractivity contribution is 6.03. The van der Waals surface area contributed by atoms with Crippen LogP contribution in [0.5, 0.6) is 11.5 Å². The number of primary amides is 1. The van der Waals surface area contributed by atoms with E-state index in [-0.39, 0.29) is 29.1 Å². The van der Waals surface area contributed by atoms with E-state index in [2.05, 4.69) is 5.10 Å². The summed E-state index contributed by atoms with van der Waals surface area (Å²) >= 11 is 0. The van der Waals surface area contributed by atoms with Crippen LogP contribution in [-0.2, 0) is 4.79 Å². The molecule has 188 valence electrons. The molecule has 0 aliphatic carbocycles. The molecule has 1 aliphatic heterocycles. The number of carbonyl (C=O) groups excluding carboxylic acids is 2. The Balaban J connectivity index is 1.60. The van der Waals surface area contributed by atoms with Crippen LogP contribution in [-0.4, -0.2) is 39.6 Å². The van der Waals surface area contributed by atoms with Crippen LogP contribution in [0.3, 0.4) is 0 Å². The Kier molecular flexibility index (Phi) is 7.33. The minimum atomic E-state index is -0.827. The van der Waals surface area contributed by atoms with Gasteiger partial charge in [-0.15, -0.1) is 0 Å². The molecule has 4 rings (SSSR count). The minimum Gasteiger partial charge on any atom is -0.454 e. The summed E-state index contributed by atoms with van der Waals surface area (Å²) in [5.41, 5.74) is 12.9. The molecule has 2 aromatic carbocycles. The predicted molar refractivity (Wildman–Crippen MR) is 131 cm³/mol. The SMILES string of the molecule is CCC=CC(=O)N1CCC[C@@H](n2nc(-c3ccc(Oc4ccc(F)cc4F)cc3)c(C(N)=O)c2N)C1. The van der Waals surface area contributed by atoms with Crippen LogP contribution < -0.4 is 16.2 Å². The molecule has 4 N–H and O–H groups in total. The number of aromatic nitrogens is 2. The first-order valence-electron chi connectivity index (χ1n) is 11.6. The van der Waals surface area contributed by atoms with Crippen LogP contribution in [0.4, 0.5) is 14.6 Å². The summed E-state index contributed by atoms with van der Waals surface area (Å²) in [5, 5.41) is 4.61. The van der Waals surface area contributed by atoms with E-state index in [1.54, 1.807) is 39.9 Å². The Morgan fingerprint density at radius 3 is 2.61 bits per heavy atom. The third-order valence-corrected chi connectivity index (χ3v) is 5.99. The molecule has 0 spiro atoms. The molecule has 2 amide bonds. The van der Waals surface area contributed by atoms with Crippen molar-refractivity contribution < 1.29 is 23.1 Å². The van der Waals surface area contributed by atoms with E-state index in [1.165, 1.54) is 6.07 Å². The van der Waals surface area contributed by atoms with Crippen molar-refractivity contribution in [2.24, 2.45) is 5.73 Å². The number of amides is 2. The Hall–Kier alpha value is -4.21. The average Bonchev–Trinajstić information content (AvgIpc) is 3.22. The molecule has 1 fully saturated rings. The second-order valence-electron chi connectivity index (χ2n) is 8.51. The number of anilines is 1. The van der Waals surface area contributed by atoms with Gasteiger partial charge in [-0.05, 0) is 61.7 Å². The van der Waals surface area contributed by atoms with Gasteiger partial charge in [0.25, 0.3) is 5.91 Å². The van der Waals surface area contributed by atoms with Crippen LogP contribution in [0.2, 0.25) is 0 Å². The largest absolute Gasteiger partial charge is 0.454 e. The Morgan fingerprint density at radius 1 is 1.19 bits per heavy atom. The van der Waals surface area contributed by atoms with E-state index in [0.29, 0.717) is 30.1 Å². The predicted octanol–water partition coefficient (Wildman–Crippen LogP) is 4.43. The van der Waals surface area contributed by atoms with E-state index < -0.39 is 17.5 Å². The third-order valence-electron chi connectivity index (χ3n) is 5.99. The molecule has 2 heterocycles. The van der Waals surface area contributed by atoms with E-state index in [4.69, 9.17) is 16.2 Å². The number of hydrogen-bond donors (Lipinski definition) is 2. The van der Waals surface area contributed by atoms with Crippen LogP contribution in [0.25, 0.3) is 11.3 Å². The number of ether oxygens (including phenoxy) is 1. The molecule has 10 heteroatoms.